The first-order valence-corrected chi connectivity index (χ1v) is 4.92. The third-order valence-electron chi connectivity index (χ3n) is 2.85. The van der Waals surface area contributed by atoms with Gasteiger partial charge in [0.15, 0.2) is 0 Å². The summed E-state index contributed by atoms with van der Waals surface area (Å²) in [7, 11) is 0. The Morgan fingerprint density at radius 1 is 1.40 bits per heavy atom. The lowest BCUT2D eigenvalue weighted by Crippen LogP contribution is -2.16. The summed E-state index contributed by atoms with van der Waals surface area (Å²) >= 11 is 0. The molecule has 1 aromatic carbocycles. The zero-order valence-corrected chi connectivity index (χ0v) is 9.12. The van der Waals surface area contributed by atoms with E-state index in [0.717, 1.165) is 5.56 Å². The summed E-state index contributed by atoms with van der Waals surface area (Å²) in [6.45, 7) is 5.17. The fourth-order valence-corrected chi connectivity index (χ4v) is 1.45. The minimum atomic E-state index is -0.829. The quantitative estimate of drug-likeness (QED) is 0.832. The van der Waals surface area contributed by atoms with Gasteiger partial charge in [-0.2, -0.15) is 0 Å². The predicted molar refractivity (Wildman–Crippen MR) is 56.4 cm³/mol. The van der Waals surface area contributed by atoms with E-state index in [1.807, 2.05) is 6.92 Å². The van der Waals surface area contributed by atoms with E-state index in [-0.39, 0.29) is 11.7 Å². The third kappa shape index (κ3) is 2.55. The second-order valence-corrected chi connectivity index (χ2v) is 3.92. The standard InChI is InChI=1S/C12H15FO2/c1-7-6-10(4-5-11(7)13)8(2)9(3)12(14)15/h4-6,8-9H,1-3H3,(H,14,15). The molecule has 1 aromatic rings. The predicted octanol–water partition coefficient (Wildman–Crippen LogP) is 2.96. The van der Waals surface area contributed by atoms with Gasteiger partial charge in [-0.25, -0.2) is 4.39 Å². The Morgan fingerprint density at radius 3 is 2.47 bits per heavy atom. The summed E-state index contributed by atoms with van der Waals surface area (Å²) in [6.07, 6.45) is 0. The molecule has 15 heavy (non-hydrogen) atoms. The van der Waals surface area contributed by atoms with Gasteiger partial charge in [0.25, 0.3) is 0 Å². The number of carboxylic acids is 1. The minimum absolute atomic E-state index is 0.109. The number of hydrogen-bond acceptors (Lipinski definition) is 1. The van der Waals surface area contributed by atoms with Gasteiger partial charge in [0, 0.05) is 0 Å². The minimum Gasteiger partial charge on any atom is -0.481 e. The molecule has 0 saturated carbocycles. The summed E-state index contributed by atoms with van der Waals surface area (Å²) in [5, 5.41) is 8.86. The average Bonchev–Trinajstić information content (AvgIpc) is 2.19. The van der Waals surface area contributed by atoms with Crippen molar-refractivity contribution in [3.63, 3.8) is 0 Å². The molecule has 0 bridgehead atoms. The maximum absolute atomic E-state index is 13.0. The van der Waals surface area contributed by atoms with E-state index in [1.165, 1.54) is 6.07 Å². The van der Waals surface area contributed by atoms with Crippen molar-refractivity contribution in [3.05, 3.63) is 35.1 Å². The highest BCUT2D eigenvalue weighted by atomic mass is 19.1. The normalized spacial score (nSPS) is 14.7. The van der Waals surface area contributed by atoms with Crippen LogP contribution < -0.4 is 0 Å². The Balaban J connectivity index is 2.96. The number of aryl methyl sites for hydroxylation is 1. The molecule has 0 aliphatic rings. The molecule has 0 radical (unpaired) electrons. The fourth-order valence-electron chi connectivity index (χ4n) is 1.45. The molecule has 2 atom stereocenters. The summed E-state index contributed by atoms with van der Waals surface area (Å²) in [4.78, 5) is 10.8. The molecule has 0 aromatic heterocycles. The second kappa shape index (κ2) is 4.43. The van der Waals surface area contributed by atoms with E-state index in [2.05, 4.69) is 0 Å². The molecule has 0 aliphatic heterocycles. The van der Waals surface area contributed by atoms with Gasteiger partial charge in [0.1, 0.15) is 5.82 Å². The first kappa shape index (κ1) is 11.7. The molecule has 82 valence electrons. The van der Waals surface area contributed by atoms with Crippen molar-refractivity contribution >= 4 is 5.97 Å². The zero-order chi connectivity index (χ0) is 11.6. The molecule has 2 unspecified atom stereocenters. The molecule has 1 rings (SSSR count). The molecule has 0 aliphatic carbocycles. The van der Waals surface area contributed by atoms with Gasteiger partial charge in [-0.3, -0.25) is 4.79 Å². The Morgan fingerprint density at radius 2 is 2.00 bits per heavy atom. The highest BCUT2D eigenvalue weighted by molar-refractivity contribution is 5.70. The first-order chi connectivity index (χ1) is 6.93. The van der Waals surface area contributed by atoms with Crippen LogP contribution in [-0.4, -0.2) is 11.1 Å². The molecule has 0 spiro atoms. The van der Waals surface area contributed by atoms with Crippen LogP contribution in [0, 0.1) is 18.7 Å². The Hall–Kier alpha value is -1.38. The van der Waals surface area contributed by atoms with Crippen LogP contribution in [0.25, 0.3) is 0 Å². The third-order valence-corrected chi connectivity index (χ3v) is 2.85. The lowest BCUT2D eigenvalue weighted by Gasteiger charge is -2.16. The van der Waals surface area contributed by atoms with Crippen molar-refractivity contribution in [2.24, 2.45) is 5.92 Å². The van der Waals surface area contributed by atoms with Crippen molar-refractivity contribution in [2.75, 3.05) is 0 Å². The topological polar surface area (TPSA) is 37.3 Å². The Bertz CT molecular complexity index is 374. The molecule has 0 heterocycles. The van der Waals surface area contributed by atoms with Gasteiger partial charge in [-0.05, 0) is 30.0 Å². The van der Waals surface area contributed by atoms with Crippen LogP contribution in [0.15, 0.2) is 18.2 Å². The van der Waals surface area contributed by atoms with Crippen molar-refractivity contribution in [2.45, 2.75) is 26.7 Å². The van der Waals surface area contributed by atoms with Crippen LogP contribution in [0.3, 0.4) is 0 Å². The second-order valence-electron chi connectivity index (χ2n) is 3.92. The highest BCUT2D eigenvalue weighted by Gasteiger charge is 2.21. The maximum Gasteiger partial charge on any atom is 0.306 e. The summed E-state index contributed by atoms with van der Waals surface area (Å²) in [5.41, 5.74) is 1.42. The van der Waals surface area contributed by atoms with Crippen molar-refractivity contribution in [1.82, 2.24) is 0 Å². The zero-order valence-electron chi connectivity index (χ0n) is 9.12. The molecule has 0 amide bonds. The number of rotatable bonds is 3. The van der Waals surface area contributed by atoms with Crippen molar-refractivity contribution in [3.8, 4) is 0 Å². The lowest BCUT2D eigenvalue weighted by atomic mass is 9.88. The van der Waals surface area contributed by atoms with Gasteiger partial charge in [0.05, 0.1) is 5.92 Å². The van der Waals surface area contributed by atoms with Crippen LogP contribution in [0.4, 0.5) is 4.39 Å². The molecule has 0 fully saturated rings. The average molecular weight is 210 g/mol. The van der Waals surface area contributed by atoms with E-state index >= 15 is 0 Å². The van der Waals surface area contributed by atoms with E-state index in [4.69, 9.17) is 5.11 Å². The van der Waals surface area contributed by atoms with E-state index in [0.29, 0.717) is 5.56 Å². The van der Waals surface area contributed by atoms with Gasteiger partial charge >= 0.3 is 5.97 Å². The first-order valence-electron chi connectivity index (χ1n) is 4.92. The number of benzene rings is 1. The van der Waals surface area contributed by atoms with Crippen molar-refractivity contribution in [1.29, 1.82) is 0 Å². The van der Waals surface area contributed by atoms with Gasteiger partial charge in [-0.15, -0.1) is 0 Å². The van der Waals surface area contributed by atoms with Crippen LogP contribution in [-0.2, 0) is 4.79 Å². The number of carboxylic acid groups (broad SMARTS) is 1. The molecule has 0 saturated heterocycles. The number of halogens is 1. The van der Waals surface area contributed by atoms with Crippen LogP contribution >= 0.6 is 0 Å². The fraction of sp³-hybridized carbons (Fsp3) is 0.417. The summed E-state index contributed by atoms with van der Waals surface area (Å²) < 4.78 is 13.0. The number of hydrogen-bond donors (Lipinski definition) is 1. The summed E-state index contributed by atoms with van der Waals surface area (Å²) in [6, 6.07) is 4.74. The SMILES string of the molecule is Cc1cc(C(C)C(C)C(=O)O)ccc1F. The lowest BCUT2D eigenvalue weighted by molar-refractivity contribution is -0.141. The smallest absolute Gasteiger partial charge is 0.306 e. The van der Waals surface area contributed by atoms with Gasteiger partial charge in [-0.1, -0.05) is 26.0 Å². The van der Waals surface area contributed by atoms with Crippen LogP contribution in [0.1, 0.15) is 30.9 Å². The van der Waals surface area contributed by atoms with Gasteiger partial charge in [0.2, 0.25) is 0 Å². The van der Waals surface area contributed by atoms with E-state index < -0.39 is 11.9 Å². The molecule has 3 heteroatoms. The summed E-state index contributed by atoms with van der Waals surface area (Å²) in [5.74, 6) is -1.66. The van der Waals surface area contributed by atoms with Crippen LogP contribution in [0.2, 0.25) is 0 Å². The Kier molecular flexibility index (Phi) is 3.45. The number of carbonyl (C=O) groups is 1. The molecule has 1 N–H and O–H groups in total. The van der Waals surface area contributed by atoms with Gasteiger partial charge < -0.3 is 5.11 Å². The monoisotopic (exact) mass is 210 g/mol. The number of aliphatic carboxylic acids is 1. The van der Waals surface area contributed by atoms with Crippen molar-refractivity contribution < 1.29 is 14.3 Å². The van der Waals surface area contributed by atoms with E-state index in [9.17, 15) is 9.18 Å². The van der Waals surface area contributed by atoms with Crippen LogP contribution in [0.5, 0.6) is 0 Å². The Labute approximate surface area is 88.7 Å². The molecular formula is C12H15FO2. The van der Waals surface area contributed by atoms with E-state index in [1.54, 1.807) is 26.0 Å². The molecule has 2 nitrogen and oxygen atoms in total. The maximum atomic E-state index is 13.0. The molecular weight excluding hydrogens is 195 g/mol. The largest absolute Gasteiger partial charge is 0.481 e. The highest BCUT2D eigenvalue weighted by Crippen LogP contribution is 2.25.